The van der Waals surface area contributed by atoms with Crippen molar-refractivity contribution in [2.45, 2.75) is 5.16 Å². The molecule has 0 bridgehead atoms. The molecule has 0 unspecified atom stereocenters. The lowest BCUT2D eigenvalue weighted by Gasteiger charge is -2.08. The number of aryl methyl sites for hydroxylation is 1. The highest BCUT2D eigenvalue weighted by atomic mass is 35.5. The molecule has 8 heteroatoms. The molecule has 2 aromatic carbocycles. The van der Waals surface area contributed by atoms with Gasteiger partial charge in [-0.05, 0) is 24.3 Å². The van der Waals surface area contributed by atoms with Crippen LogP contribution in [0.5, 0.6) is 0 Å². The fourth-order valence-electron chi connectivity index (χ4n) is 2.26. The van der Waals surface area contributed by atoms with Crippen molar-refractivity contribution in [3.63, 3.8) is 0 Å². The number of benzene rings is 2. The highest BCUT2D eigenvalue weighted by Gasteiger charge is 2.12. The molecule has 1 aromatic heterocycles. The number of aromatic nitrogens is 2. The average molecular weight is 375 g/mol. The van der Waals surface area contributed by atoms with Crippen molar-refractivity contribution in [2.24, 2.45) is 7.05 Å². The highest BCUT2D eigenvalue weighted by molar-refractivity contribution is 7.99. The van der Waals surface area contributed by atoms with Gasteiger partial charge in [0, 0.05) is 7.05 Å². The summed E-state index contributed by atoms with van der Waals surface area (Å²) >= 11 is 7.24. The minimum Gasteiger partial charge on any atom is -0.322 e. The quantitative estimate of drug-likeness (QED) is 0.544. The number of hydrogen-bond donors (Lipinski definition) is 2. The van der Waals surface area contributed by atoms with Crippen molar-refractivity contribution in [3.05, 3.63) is 59.1 Å². The van der Waals surface area contributed by atoms with Crippen LogP contribution in [-0.2, 0) is 11.8 Å². The van der Waals surface area contributed by atoms with Crippen LogP contribution in [0.2, 0.25) is 5.02 Å². The van der Waals surface area contributed by atoms with Gasteiger partial charge >= 0.3 is 0 Å². The first kappa shape index (κ1) is 17.3. The van der Waals surface area contributed by atoms with Gasteiger partial charge in [0.15, 0.2) is 5.16 Å². The number of carbonyl (C=O) groups excluding carboxylic acids is 2. The first-order chi connectivity index (χ1) is 12.1. The Labute approximate surface area is 153 Å². The summed E-state index contributed by atoms with van der Waals surface area (Å²) < 4.78 is 1.93. The molecule has 0 aliphatic heterocycles. The fraction of sp³-hybridized carbons (Fsp3) is 0.118. The van der Waals surface area contributed by atoms with Crippen molar-refractivity contribution < 1.29 is 9.59 Å². The summed E-state index contributed by atoms with van der Waals surface area (Å²) in [4.78, 5) is 28.4. The normalized spacial score (nSPS) is 10.6. The summed E-state index contributed by atoms with van der Waals surface area (Å²) in [7, 11) is 1.90. The molecule has 3 aromatic rings. The Morgan fingerprint density at radius 1 is 1.12 bits per heavy atom. The Morgan fingerprint density at radius 3 is 2.60 bits per heavy atom. The maximum absolute atomic E-state index is 12.0. The minimum atomic E-state index is -0.466. The van der Waals surface area contributed by atoms with E-state index in [4.69, 9.17) is 11.6 Å². The predicted octanol–water partition coefficient (Wildman–Crippen LogP) is 2.78. The topological polar surface area (TPSA) is 76.0 Å². The third kappa shape index (κ3) is 3.94. The van der Waals surface area contributed by atoms with Crippen LogP contribution in [-0.4, -0.2) is 27.1 Å². The molecule has 0 spiro atoms. The number of hydrogen-bond acceptors (Lipinski definition) is 4. The van der Waals surface area contributed by atoms with Gasteiger partial charge in [-0.1, -0.05) is 47.6 Å². The van der Waals surface area contributed by atoms with E-state index in [0.717, 1.165) is 16.2 Å². The molecule has 0 aliphatic rings. The Balaban J connectivity index is 1.55. The van der Waals surface area contributed by atoms with Crippen LogP contribution < -0.4 is 10.9 Å². The second-order valence-electron chi connectivity index (χ2n) is 5.21. The molecule has 6 nitrogen and oxygen atoms in total. The van der Waals surface area contributed by atoms with Gasteiger partial charge in [0.25, 0.3) is 5.91 Å². The maximum Gasteiger partial charge on any atom is 0.271 e. The molecule has 1 heterocycles. The monoisotopic (exact) mass is 374 g/mol. The zero-order valence-electron chi connectivity index (χ0n) is 13.3. The number of hydrazine groups is 1. The average Bonchev–Trinajstić information content (AvgIpc) is 2.94. The Morgan fingerprint density at radius 2 is 1.84 bits per heavy atom. The lowest BCUT2D eigenvalue weighted by molar-refractivity contribution is -0.119. The number of imidazole rings is 1. The number of rotatable bonds is 4. The maximum atomic E-state index is 12.0. The number of amides is 2. The molecule has 3 rings (SSSR count). The van der Waals surface area contributed by atoms with Gasteiger partial charge in [0.2, 0.25) is 5.91 Å². The summed E-state index contributed by atoms with van der Waals surface area (Å²) in [6.45, 7) is 0. The molecule has 0 fully saturated rings. The van der Waals surface area contributed by atoms with Crippen molar-refractivity contribution in [1.29, 1.82) is 0 Å². The largest absolute Gasteiger partial charge is 0.322 e. The highest BCUT2D eigenvalue weighted by Crippen LogP contribution is 2.22. The van der Waals surface area contributed by atoms with Crippen LogP contribution in [0.15, 0.2) is 53.7 Å². The second kappa shape index (κ2) is 7.58. The molecule has 128 valence electrons. The molecule has 0 saturated carbocycles. The van der Waals surface area contributed by atoms with Crippen molar-refractivity contribution >= 4 is 46.2 Å². The number of halogens is 1. The van der Waals surface area contributed by atoms with E-state index in [0.29, 0.717) is 10.6 Å². The first-order valence-electron chi connectivity index (χ1n) is 7.44. The van der Waals surface area contributed by atoms with Gasteiger partial charge in [-0.25, -0.2) is 4.98 Å². The molecular formula is C17H15ClN4O2S. The predicted molar refractivity (Wildman–Crippen MR) is 98.5 cm³/mol. The molecule has 2 amide bonds. The molecule has 0 aliphatic carbocycles. The number of thioether (sulfide) groups is 1. The molecule has 0 radical (unpaired) electrons. The van der Waals surface area contributed by atoms with Crippen molar-refractivity contribution in [1.82, 2.24) is 20.4 Å². The number of carbonyl (C=O) groups is 2. The van der Waals surface area contributed by atoms with Gasteiger partial charge in [-0.2, -0.15) is 0 Å². The van der Waals surface area contributed by atoms with E-state index < -0.39 is 5.91 Å². The van der Waals surface area contributed by atoms with Crippen LogP contribution in [0, 0.1) is 0 Å². The second-order valence-corrected chi connectivity index (χ2v) is 6.56. The van der Waals surface area contributed by atoms with Gasteiger partial charge in [-0.15, -0.1) is 0 Å². The zero-order chi connectivity index (χ0) is 17.8. The number of nitrogens with one attached hydrogen (secondary N) is 2. The number of para-hydroxylation sites is 2. The van der Waals surface area contributed by atoms with Crippen molar-refractivity contribution in [2.75, 3.05) is 5.75 Å². The standard InChI is InChI=1S/C17H15ClN4O2S/c1-22-14-9-5-4-8-13(14)19-17(22)25-10-15(23)20-21-16(24)11-6-2-3-7-12(11)18/h2-9H,10H2,1H3,(H,20,23)(H,21,24). The SMILES string of the molecule is Cn1c(SCC(=O)NNC(=O)c2ccccc2Cl)nc2ccccc21. The van der Waals surface area contributed by atoms with Gasteiger partial charge in [0.1, 0.15) is 0 Å². The van der Waals surface area contributed by atoms with Crippen LogP contribution >= 0.6 is 23.4 Å². The van der Waals surface area contributed by atoms with Crippen LogP contribution in [0.4, 0.5) is 0 Å². The lowest BCUT2D eigenvalue weighted by Crippen LogP contribution is -2.42. The Bertz CT molecular complexity index is 941. The Hall–Kier alpha value is -2.51. The molecule has 0 atom stereocenters. The minimum absolute atomic E-state index is 0.125. The summed E-state index contributed by atoms with van der Waals surface area (Å²) in [5.74, 6) is -0.677. The fourth-order valence-corrected chi connectivity index (χ4v) is 3.27. The smallest absolute Gasteiger partial charge is 0.271 e. The van der Waals surface area contributed by atoms with Crippen molar-refractivity contribution in [3.8, 4) is 0 Å². The van der Waals surface area contributed by atoms with Crippen LogP contribution in [0.3, 0.4) is 0 Å². The summed E-state index contributed by atoms with van der Waals surface area (Å²) in [6.07, 6.45) is 0. The van der Waals surface area contributed by atoms with E-state index >= 15 is 0 Å². The van der Waals surface area contributed by atoms with E-state index in [9.17, 15) is 9.59 Å². The first-order valence-corrected chi connectivity index (χ1v) is 8.80. The molecule has 0 saturated heterocycles. The van der Waals surface area contributed by atoms with E-state index in [1.165, 1.54) is 11.8 Å². The summed E-state index contributed by atoms with van der Waals surface area (Å²) in [5.41, 5.74) is 6.90. The third-order valence-electron chi connectivity index (χ3n) is 3.51. The molecule has 2 N–H and O–H groups in total. The lowest BCUT2D eigenvalue weighted by atomic mass is 10.2. The van der Waals surface area contributed by atoms with Crippen LogP contribution in [0.1, 0.15) is 10.4 Å². The zero-order valence-corrected chi connectivity index (χ0v) is 14.9. The summed E-state index contributed by atoms with van der Waals surface area (Å²) in [5, 5.41) is 1.05. The van der Waals surface area contributed by atoms with E-state index in [2.05, 4.69) is 15.8 Å². The van der Waals surface area contributed by atoms with Crippen LogP contribution in [0.25, 0.3) is 11.0 Å². The summed E-state index contributed by atoms with van der Waals surface area (Å²) in [6, 6.07) is 14.4. The van der Waals surface area contributed by atoms with Gasteiger partial charge < -0.3 is 4.57 Å². The van der Waals surface area contributed by atoms with E-state index in [1.54, 1.807) is 24.3 Å². The van der Waals surface area contributed by atoms with E-state index in [-0.39, 0.29) is 11.7 Å². The number of nitrogens with zero attached hydrogens (tertiary/aromatic N) is 2. The molecule has 25 heavy (non-hydrogen) atoms. The molecular weight excluding hydrogens is 360 g/mol. The Kier molecular flexibility index (Phi) is 5.25. The van der Waals surface area contributed by atoms with Gasteiger partial charge in [0.05, 0.1) is 27.4 Å². The third-order valence-corrected chi connectivity index (χ3v) is 4.87. The number of fused-ring (bicyclic) bond motifs is 1. The van der Waals surface area contributed by atoms with Gasteiger partial charge in [-0.3, -0.25) is 20.4 Å². The van der Waals surface area contributed by atoms with E-state index in [1.807, 2.05) is 35.9 Å².